The normalized spacial score (nSPS) is 13.8. The zero-order valence-electron chi connectivity index (χ0n) is 85.0. The monoisotopic (exact) mass is 2050 g/mol. The molecule has 0 amide bonds. The minimum atomic E-state index is -1.08. The van der Waals surface area contributed by atoms with Crippen LogP contribution in [0.1, 0.15) is 116 Å². The van der Waals surface area contributed by atoms with Gasteiger partial charge in [0.1, 0.15) is 146 Å². The summed E-state index contributed by atoms with van der Waals surface area (Å²) in [6.07, 6.45) is -9.92. The van der Waals surface area contributed by atoms with Gasteiger partial charge >= 0.3 is 65.7 Å². The smallest absolute Gasteiger partial charge is 0.333 e. The quantitative estimate of drug-likeness (QED) is 0.0179. The first-order valence-electron chi connectivity index (χ1n) is 44.9. The molecule has 11 unspecified atom stereocenters. The van der Waals surface area contributed by atoms with E-state index in [0.29, 0.717) is 45.7 Å². The molecule has 0 saturated heterocycles. The molecule has 0 aliphatic rings. The molecular formula is C97H160O45. The second-order valence-electron chi connectivity index (χ2n) is 33.7. The van der Waals surface area contributed by atoms with Gasteiger partial charge < -0.3 is 165 Å². The van der Waals surface area contributed by atoms with E-state index in [1.54, 1.807) is 0 Å². The van der Waals surface area contributed by atoms with Crippen molar-refractivity contribution in [3.8, 4) is 0 Å². The molecule has 0 spiro atoms. The first-order valence-corrected chi connectivity index (χ1v) is 44.9. The third-order valence-corrected chi connectivity index (χ3v) is 16.5. The van der Waals surface area contributed by atoms with Gasteiger partial charge in [0, 0.05) is 85.3 Å². The van der Waals surface area contributed by atoms with Crippen LogP contribution in [0.3, 0.4) is 0 Å². The van der Waals surface area contributed by atoms with Gasteiger partial charge in [0.05, 0.1) is 132 Å². The van der Waals surface area contributed by atoms with Gasteiger partial charge in [-0.05, 0) is 95.4 Å². The van der Waals surface area contributed by atoms with Crippen LogP contribution in [-0.2, 0) is 157 Å². The van der Waals surface area contributed by atoms with Gasteiger partial charge in [-0.15, -0.1) is 0 Å². The van der Waals surface area contributed by atoms with Crippen molar-refractivity contribution in [3.05, 3.63) is 134 Å². The molecular weight excluding hydrogens is 1890 g/mol. The Balaban J connectivity index is -0.000000558. The number of aliphatic hydroxyl groups excluding tert-OH is 12. The summed E-state index contributed by atoms with van der Waals surface area (Å²) in [4.78, 5) is 124. The summed E-state index contributed by atoms with van der Waals surface area (Å²) >= 11 is 0. The van der Waals surface area contributed by atoms with E-state index >= 15 is 0 Å². The molecule has 45 heteroatoms. The molecule has 12 N–H and O–H groups in total. The van der Waals surface area contributed by atoms with Gasteiger partial charge in [0.15, 0.2) is 0 Å². The lowest BCUT2D eigenvalue weighted by Gasteiger charge is -2.33. The third kappa shape index (κ3) is 85.9. The molecule has 0 saturated carbocycles. The molecule has 0 heterocycles. The van der Waals surface area contributed by atoms with Crippen LogP contribution in [0.5, 0.6) is 0 Å². The average Bonchev–Trinajstić information content (AvgIpc) is 0.868. The molecule has 0 aromatic rings. The van der Waals surface area contributed by atoms with E-state index in [1.807, 2.05) is 20.8 Å². The topological polar surface area (TPSA) is 634 Å². The van der Waals surface area contributed by atoms with Gasteiger partial charge in [0.2, 0.25) is 0 Å². The van der Waals surface area contributed by atoms with Crippen LogP contribution in [-0.4, -0.2) is 418 Å². The van der Waals surface area contributed by atoms with E-state index in [-0.39, 0.29) is 258 Å². The predicted octanol–water partition coefficient (Wildman–Crippen LogP) is 1.96. The lowest BCUT2D eigenvalue weighted by molar-refractivity contribution is -0.147. The minimum Gasteiger partial charge on any atom is -0.460 e. The molecule has 0 rings (SSSR count). The number of unbranched alkanes of at least 4 members (excludes halogenated alkanes) is 1. The van der Waals surface area contributed by atoms with Crippen LogP contribution in [0, 0.1) is 10.8 Å². The Hall–Kier alpha value is -9.61. The Kier molecular flexibility index (Phi) is 84.0. The fourth-order valence-electron chi connectivity index (χ4n) is 8.56. The number of hydrogen-bond donors (Lipinski definition) is 12. The van der Waals surface area contributed by atoms with Crippen molar-refractivity contribution in [1.82, 2.24) is 0 Å². The molecule has 0 aliphatic heterocycles. The first-order chi connectivity index (χ1) is 66.3. The van der Waals surface area contributed by atoms with E-state index in [4.69, 9.17) is 104 Å². The van der Waals surface area contributed by atoms with Crippen LogP contribution in [0.25, 0.3) is 0 Å². The number of hydrogen-bond acceptors (Lipinski definition) is 45. The van der Waals surface area contributed by atoms with E-state index in [0.717, 1.165) is 0 Å². The van der Waals surface area contributed by atoms with Gasteiger partial charge in [-0.2, -0.15) is 0 Å². The SMILES string of the molecule is C=C(C)C(=O)OCC(O)COCC(C)(C)COCC(O)COC(=O)C(=C)C.C=C(C)C(=O)OCC(O)COCC(CC)(COCC(O)COC(=O)C(=C)C)COCC(O)COC(=O)C(=C)C.C=C(C)C(=O)OCC(O)COCC(O)COCC(O)COC(=O)C(=C)C.C=C(C)C(=O)OCC(O)COCCCCOCC(O)COC(=O)C(=C)C.C=C(C)C(=O)OCC(O)COCCOCC(O)COC(=O)C(=C)C. The van der Waals surface area contributed by atoms with E-state index in [1.165, 1.54) is 76.2 Å². The van der Waals surface area contributed by atoms with Crippen LogP contribution in [0.15, 0.2) is 134 Å². The second-order valence-corrected chi connectivity index (χ2v) is 33.7. The zero-order valence-corrected chi connectivity index (χ0v) is 85.0. The predicted molar refractivity (Wildman–Crippen MR) is 510 cm³/mol. The maximum atomic E-state index is 11.5. The number of carbonyl (C=O) groups excluding carboxylic acids is 11. The highest BCUT2D eigenvalue weighted by molar-refractivity contribution is 5.91. The molecule has 0 fully saturated rings. The Labute approximate surface area is 832 Å². The zero-order chi connectivity index (χ0) is 110. The summed E-state index contributed by atoms with van der Waals surface area (Å²) in [6, 6.07) is 0. The summed E-state index contributed by atoms with van der Waals surface area (Å²) < 4.78 is 112. The molecule has 0 aliphatic carbocycles. The van der Waals surface area contributed by atoms with E-state index in [9.17, 15) is 114 Å². The molecule has 11 atom stereocenters. The van der Waals surface area contributed by atoms with Crippen LogP contribution >= 0.6 is 0 Å². The van der Waals surface area contributed by atoms with Crippen LogP contribution in [0.4, 0.5) is 0 Å². The molecule has 0 radical (unpaired) electrons. The molecule has 0 bridgehead atoms. The molecule has 142 heavy (non-hydrogen) atoms. The fraction of sp³-hybridized carbons (Fsp3) is 0.660. The lowest BCUT2D eigenvalue weighted by atomic mass is 9.88. The Morgan fingerprint density at radius 1 is 0.190 bits per heavy atom. The summed E-state index contributed by atoms with van der Waals surface area (Å²) in [5.41, 5.74) is 1.50. The van der Waals surface area contributed by atoms with Gasteiger partial charge in [0.25, 0.3) is 0 Å². The van der Waals surface area contributed by atoms with Crippen LogP contribution < -0.4 is 0 Å². The number of esters is 11. The van der Waals surface area contributed by atoms with Gasteiger partial charge in [-0.1, -0.05) is 93.1 Å². The molecule has 818 valence electrons. The average molecular weight is 2050 g/mol. The van der Waals surface area contributed by atoms with Crippen LogP contribution in [0.2, 0.25) is 0 Å². The Morgan fingerprint density at radius 3 is 0.451 bits per heavy atom. The summed E-state index contributed by atoms with van der Waals surface area (Å²) in [6.45, 7) is 58.9. The van der Waals surface area contributed by atoms with Crippen molar-refractivity contribution in [2.75, 3.05) is 218 Å². The van der Waals surface area contributed by atoms with Gasteiger partial charge in [-0.25, -0.2) is 52.7 Å². The first kappa shape index (κ1) is 141. The Bertz CT molecular complexity index is 3520. The summed E-state index contributed by atoms with van der Waals surface area (Å²) in [7, 11) is 0. The summed E-state index contributed by atoms with van der Waals surface area (Å²) in [5.74, 6) is -6.44. The largest absolute Gasteiger partial charge is 0.460 e. The number of rotatable bonds is 78. The van der Waals surface area contributed by atoms with Crippen molar-refractivity contribution >= 4 is 65.7 Å². The van der Waals surface area contributed by atoms with Gasteiger partial charge in [-0.3, -0.25) is 0 Å². The minimum absolute atomic E-state index is 0.00633. The van der Waals surface area contributed by atoms with Crippen molar-refractivity contribution < 1.29 is 218 Å². The highest BCUT2D eigenvalue weighted by Gasteiger charge is 2.32. The fourth-order valence-corrected chi connectivity index (χ4v) is 8.56. The third-order valence-electron chi connectivity index (χ3n) is 16.5. The van der Waals surface area contributed by atoms with E-state index in [2.05, 4.69) is 72.4 Å². The van der Waals surface area contributed by atoms with Crippen molar-refractivity contribution in [1.29, 1.82) is 0 Å². The van der Waals surface area contributed by atoms with Crippen molar-refractivity contribution in [2.45, 2.75) is 189 Å². The molecule has 0 aromatic heterocycles. The van der Waals surface area contributed by atoms with Crippen molar-refractivity contribution in [3.63, 3.8) is 0 Å². The highest BCUT2D eigenvalue weighted by atomic mass is 16.6. The maximum Gasteiger partial charge on any atom is 0.333 e. The lowest BCUT2D eigenvalue weighted by Crippen LogP contribution is -2.40. The Morgan fingerprint density at radius 2 is 0.310 bits per heavy atom. The summed E-state index contributed by atoms with van der Waals surface area (Å²) in [5, 5.41) is 117. The van der Waals surface area contributed by atoms with E-state index < -0.39 is 144 Å². The molecule has 0 aromatic carbocycles. The molecule has 45 nitrogen and oxygen atoms in total. The number of ether oxygens (including phenoxy) is 22. The maximum absolute atomic E-state index is 11.5. The van der Waals surface area contributed by atoms with Crippen molar-refractivity contribution in [2.24, 2.45) is 10.8 Å². The second kappa shape index (κ2) is 84.7. The number of carbonyl (C=O) groups is 11. The highest BCUT2D eigenvalue weighted by Crippen LogP contribution is 2.25. The number of aliphatic hydroxyl groups is 12. The standard InChI is InChI=1S/C27H44O12.C19H32O8.C18H30O8.C17H28O9.C16H26O8/c1-8-27(15-34-9-21(28)12-37-24(31)18(2)3,16-35-10-22(29)13-38-25(32)19(4)5)17-36-11-23(30)14-39-26(33)20(6)7;1-13(2)17(22)26-9-15(20)7-24-11-19(5,6)12-25-8-16(21)10-27-18(23)14(3)4;1-13(2)17(21)25-11-15(19)9-23-7-5-6-8-24-10-16(20)12-26-18(22)14(3)4;1-11(2)16(21)25-9-14(19)7-23-5-13(18)6-24-8-15(20)10-26-17(22)12(3)4;1-11(2)15(19)23-9-13(17)7-21-5-6-22-8-14(18)10-24-16(20)12(3)4/h21-23,28-30H,2,4,6,8-17H2,1,3,5,7H3;15-16,20-21H,1,3,7-12H2,2,4-6H3;15-16,19-20H,1,3,5-12H2,2,4H3;13-15,18-20H,1,3,5-10H2,2,4H3;13-14,17-18H,1,3,5-10H2,2,4H3.